The standard InChI is InChI=1S/C38H36F6O2/c1-3-25-15-17-31(23-33(25)39)46-38(43,44)37-35(41)21-30(22-36(37)42)32-18-16-29(20-34(32)40)28-13-11-27(12-14-28)26-9-7-24(8-10-26)6-4-5-19-45-2/h3,11-18,20-24,26H,1,4-10,19H2,2H3. The summed E-state index contributed by atoms with van der Waals surface area (Å²) in [6, 6.07) is 16.3. The van der Waals surface area contributed by atoms with Gasteiger partial charge in [-0.15, -0.1) is 0 Å². The predicted molar refractivity (Wildman–Crippen MR) is 169 cm³/mol. The van der Waals surface area contributed by atoms with Crippen LogP contribution < -0.4 is 4.74 Å². The molecule has 4 aromatic carbocycles. The largest absolute Gasteiger partial charge is 0.432 e. The van der Waals surface area contributed by atoms with Crippen molar-refractivity contribution >= 4 is 6.08 Å². The number of rotatable bonds is 12. The monoisotopic (exact) mass is 638 g/mol. The van der Waals surface area contributed by atoms with Gasteiger partial charge in [0.15, 0.2) is 0 Å². The summed E-state index contributed by atoms with van der Waals surface area (Å²) >= 11 is 0. The van der Waals surface area contributed by atoms with Gasteiger partial charge in [0, 0.05) is 30.9 Å². The third-order valence-electron chi connectivity index (χ3n) is 8.82. The summed E-state index contributed by atoms with van der Waals surface area (Å²) in [6.07, 6.45) is 4.95. The number of alkyl halides is 2. The molecule has 1 fully saturated rings. The lowest BCUT2D eigenvalue weighted by molar-refractivity contribution is -0.189. The summed E-state index contributed by atoms with van der Waals surface area (Å²) in [5, 5.41) is 0. The Morgan fingerprint density at radius 1 is 0.739 bits per heavy atom. The predicted octanol–water partition coefficient (Wildman–Crippen LogP) is 11.4. The molecule has 4 aromatic rings. The van der Waals surface area contributed by atoms with Crippen molar-refractivity contribution in [3.8, 4) is 28.0 Å². The van der Waals surface area contributed by atoms with Crippen molar-refractivity contribution < 1.29 is 35.8 Å². The van der Waals surface area contributed by atoms with Crippen molar-refractivity contribution in [2.24, 2.45) is 5.92 Å². The van der Waals surface area contributed by atoms with Crippen LogP contribution in [0.3, 0.4) is 0 Å². The highest BCUT2D eigenvalue weighted by molar-refractivity contribution is 5.71. The Morgan fingerprint density at radius 2 is 1.39 bits per heavy atom. The maximum Gasteiger partial charge on any atom is 0.432 e. The van der Waals surface area contributed by atoms with E-state index in [0.717, 1.165) is 49.5 Å². The third-order valence-corrected chi connectivity index (χ3v) is 8.82. The number of unbranched alkanes of at least 4 members (excludes halogenated alkanes) is 1. The number of methoxy groups -OCH3 is 1. The van der Waals surface area contributed by atoms with Gasteiger partial charge in [0.05, 0.1) is 0 Å². The molecule has 0 aromatic heterocycles. The van der Waals surface area contributed by atoms with Crippen molar-refractivity contribution in [3.63, 3.8) is 0 Å². The van der Waals surface area contributed by atoms with Gasteiger partial charge in [-0.25, -0.2) is 17.6 Å². The molecule has 242 valence electrons. The Labute approximate surface area is 265 Å². The van der Waals surface area contributed by atoms with Crippen LogP contribution in [-0.2, 0) is 10.8 Å². The highest BCUT2D eigenvalue weighted by Gasteiger charge is 2.41. The van der Waals surface area contributed by atoms with E-state index in [0.29, 0.717) is 29.7 Å². The molecule has 0 atom stereocenters. The molecule has 1 aliphatic carbocycles. The number of benzene rings is 4. The summed E-state index contributed by atoms with van der Waals surface area (Å²) in [6.45, 7) is 4.21. The van der Waals surface area contributed by atoms with Gasteiger partial charge in [0.25, 0.3) is 0 Å². The van der Waals surface area contributed by atoms with Gasteiger partial charge in [0.1, 0.15) is 34.6 Å². The first-order chi connectivity index (χ1) is 22.1. The van der Waals surface area contributed by atoms with E-state index in [-0.39, 0.29) is 16.7 Å². The van der Waals surface area contributed by atoms with Gasteiger partial charge in [-0.2, -0.15) is 8.78 Å². The molecule has 0 aliphatic heterocycles. The first-order valence-electron chi connectivity index (χ1n) is 15.5. The second kappa shape index (κ2) is 14.6. The minimum absolute atomic E-state index is 0.0419. The molecule has 8 heteroatoms. The average Bonchev–Trinajstić information content (AvgIpc) is 3.03. The fraction of sp³-hybridized carbons (Fsp3) is 0.316. The summed E-state index contributed by atoms with van der Waals surface area (Å²) in [7, 11) is 1.73. The van der Waals surface area contributed by atoms with Crippen LogP contribution in [0, 0.1) is 29.2 Å². The van der Waals surface area contributed by atoms with Crippen molar-refractivity contribution in [2.75, 3.05) is 13.7 Å². The number of halogens is 6. The Balaban J connectivity index is 1.27. The molecule has 1 saturated carbocycles. The van der Waals surface area contributed by atoms with E-state index >= 15 is 4.39 Å². The molecule has 0 spiro atoms. The van der Waals surface area contributed by atoms with Gasteiger partial charge in [0.2, 0.25) is 0 Å². The summed E-state index contributed by atoms with van der Waals surface area (Å²) in [5.74, 6) is -4.31. The van der Waals surface area contributed by atoms with Crippen LogP contribution in [-0.4, -0.2) is 13.7 Å². The summed E-state index contributed by atoms with van der Waals surface area (Å²) in [4.78, 5) is 0. The number of hydrogen-bond acceptors (Lipinski definition) is 2. The first-order valence-corrected chi connectivity index (χ1v) is 15.5. The zero-order chi connectivity index (χ0) is 32.8. The van der Waals surface area contributed by atoms with Crippen LogP contribution in [0.2, 0.25) is 0 Å². The molecule has 0 amide bonds. The van der Waals surface area contributed by atoms with E-state index < -0.39 is 40.7 Å². The molecule has 0 radical (unpaired) electrons. The van der Waals surface area contributed by atoms with Crippen LogP contribution in [0.25, 0.3) is 28.3 Å². The molecule has 0 bridgehead atoms. The summed E-state index contributed by atoms with van der Waals surface area (Å²) in [5.41, 5.74) is 0.560. The van der Waals surface area contributed by atoms with Gasteiger partial charge in [-0.3, -0.25) is 0 Å². The zero-order valence-corrected chi connectivity index (χ0v) is 25.6. The maximum absolute atomic E-state index is 15.3. The molecular formula is C38H36F6O2. The van der Waals surface area contributed by atoms with Crippen molar-refractivity contribution in [1.29, 1.82) is 0 Å². The second-order valence-electron chi connectivity index (χ2n) is 11.8. The molecule has 5 rings (SSSR count). The molecule has 2 nitrogen and oxygen atoms in total. The normalized spacial score (nSPS) is 16.8. The lowest BCUT2D eigenvalue weighted by Gasteiger charge is -2.29. The van der Waals surface area contributed by atoms with Gasteiger partial charge >= 0.3 is 6.11 Å². The van der Waals surface area contributed by atoms with Crippen LogP contribution in [0.15, 0.2) is 79.4 Å². The lowest BCUT2D eigenvalue weighted by atomic mass is 9.77. The smallest absolute Gasteiger partial charge is 0.429 e. The third kappa shape index (κ3) is 7.66. The highest BCUT2D eigenvalue weighted by Crippen LogP contribution is 2.40. The number of ether oxygens (including phenoxy) is 2. The minimum Gasteiger partial charge on any atom is -0.429 e. The van der Waals surface area contributed by atoms with Gasteiger partial charge < -0.3 is 9.47 Å². The molecule has 1 aliphatic rings. The Kier molecular flexibility index (Phi) is 10.6. The molecule has 46 heavy (non-hydrogen) atoms. The molecule has 0 N–H and O–H groups in total. The molecule has 0 heterocycles. The molecule has 0 unspecified atom stereocenters. The topological polar surface area (TPSA) is 18.5 Å². The van der Waals surface area contributed by atoms with Crippen LogP contribution in [0.4, 0.5) is 26.3 Å². The van der Waals surface area contributed by atoms with Gasteiger partial charge in [-0.1, -0.05) is 61.9 Å². The van der Waals surface area contributed by atoms with E-state index in [4.69, 9.17) is 4.74 Å². The Morgan fingerprint density at radius 3 is 2.00 bits per heavy atom. The maximum atomic E-state index is 15.3. The fourth-order valence-electron chi connectivity index (χ4n) is 6.28. The van der Waals surface area contributed by atoms with E-state index in [1.165, 1.54) is 49.5 Å². The van der Waals surface area contributed by atoms with E-state index in [1.807, 2.05) is 12.1 Å². The number of hydrogen-bond donors (Lipinski definition) is 0. The Hall–Kier alpha value is -4.04. The first kappa shape index (κ1) is 33.3. The van der Waals surface area contributed by atoms with E-state index in [1.54, 1.807) is 13.2 Å². The zero-order valence-electron chi connectivity index (χ0n) is 25.6. The van der Waals surface area contributed by atoms with Crippen molar-refractivity contribution in [1.82, 2.24) is 0 Å². The van der Waals surface area contributed by atoms with Crippen LogP contribution >= 0.6 is 0 Å². The summed E-state index contributed by atoms with van der Waals surface area (Å²) < 4.78 is 98.4. The SMILES string of the molecule is C=Cc1ccc(OC(F)(F)c2c(F)cc(-c3ccc(-c4ccc(C5CCC(CCCCOC)CC5)cc4)cc3F)cc2F)cc1F. The second-order valence-corrected chi connectivity index (χ2v) is 11.8. The van der Waals surface area contributed by atoms with Gasteiger partial charge in [-0.05, 0) is 96.5 Å². The van der Waals surface area contributed by atoms with E-state index in [9.17, 15) is 22.0 Å². The van der Waals surface area contributed by atoms with Crippen LogP contribution in [0.1, 0.15) is 67.6 Å². The minimum atomic E-state index is -4.48. The van der Waals surface area contributed by atoms with Crippen molar-refractivity contribution in [2.45, 2.75) is 57.0 Å². The molecule has 0 saturated heterocycles. The Bertz CT molecular complexity index is 1640. The lowest BCUT2D eigenvalue weighted by Crippen LogP contribution is -2.25. The fourth-order valence-corrected chi connectivity index (χ4v) is 6.28. The van der Waals surface area contributed by atoms with E-state index in [2.05, 4.69) is 23.4 Å². The quantitative estimate of drug-likeness (QED) is 0.114. The average molecular weight is 639 g/mol. The van der Waals surface area contributed by atoms with Crippen molar-refractivity contribution in [3.05, 3.63) is 119 Å². The van der Waals surface area contributed by atoms with Crippen LogP contribution in [0.5, 0.6) is 5.75 Å². The highest BCUT2D eigenvalue weighted by atomic mass is 19.3. The molecular weight excluding hydrogens is 602 g/mol.